The molecule has 0 aliphatic heterocycles. The monoisotopic (exact) mass is 333 g/mol. The summed E-state index contributed by atoms with van der Waals surface area (Å²) in [7, 11) is 0. The lowest BCUT2D eigenvalue weighted by molar-refractivity contribution is 0.0697. The summed E-state index contributed by atoms with van der Waals surface area (Å²) in [5, 5.41) is 10.4. The number of hydrogen-bond acceptors (Lipinski definition) is 2. The standard InChI is InChI=1S/C16H16BrNO2/c1-16(2)8-4-5-9-12(15(19)20)13-10(17)6-3-7-11(13)18-14(9)16/h3,6-7H,4-5,8H2,1-2H3,(H,19,20). The number of carbonyl (C=O) groups is 1. The van der Waals surface area contributed by atoms with Crippen molar-refractivity contribution in [2.75, 3.05) is 0 Å². The molecular weight excluding hydrogens is 318 g/mol. The van der Waals surface area contributed by atoms with Gasteiger partial charge >= 0.3 is 5.97 Å². The van der Waals surface area contributed by atoms with Gasteiger partial charge in [0.25, 0.3) is 0 Å². The molecule has 0 amide bonds. The van der Waals surface area contributed by atoms with Gasteiger partial charge in [-0.3, -0.25) is 4.98 Å². The molecular formula is C16H16BrNO2. The Balaban J connectivity index is 2.49. The molecule has 1 aromatic carbocycles. The van der Waals surface area contributed by atoms with Crippen LogP contribution in [0.3, 0.4) is 0 Å². The van der Waals surface area contributed by atoms with Crippen molar-refractivity contribution in [3.63, 3.8) is 0 Å². The summed E-state index contributed by atoms with van der Waals surface area (Å²) in [6, 6.07) is 5.65. The minimum atomic E-state index is -0.863. The molecule has 3 nitrogen and oxygen atoms in total. The average molecular weight is 334 g/mol. The molecule has 2 aromatic rings. The number of halogens is 1. The van der Waals surface area contributed by atoms with Crippen LogP contribution in [0, 0.1) is 0 Å². The van der Waals surface area contributed by atoms with E-state index in [0.29, 0.717) is 5.56 Å². The first kappa shape index (κ1) is 13.6. The molecule has 0 radical (unpaired) electrons. The average Bonchev–Trinajstić information content (AvgIpc) is 2.37. The molecule has 1 N–H and O–H groups in total. The van der Waals surface area contributed by atoms with Gasteiger partial charge in [0.05, 0.1) is 16.8 Å². The summed E-state index contributed by atoms with van der Waals surface area (Å²) in [6.07, 6.45) is 2.86. The number of aromatic nitrogens is 1. The fourth-order valence-corrected chi connectivity index (χ4v) is 3.73. The van der Waals surface area contributed by atoms with E-state index in [-0.39, 0.29) is 5.41 Å². The summed E-state index contributed by atoms with van der Waals surface area (Å²) < 4.78 is 0.797. The Kier molecular flexibility index (Phi) is 3.09. The molecule has 0 saturated carbocycles. The Morgan fingerprint density at radius 1 is 1.40 bits per heavy atom. The number of carboxylic acids is 1. The maximum atomic E-state index is 11.8. The van der Waals surface area contributed by atoms with Crippen molar-refractivity contribution in [3.8, 4) is 0 Å². The highest BCUT2D eigenvalue weighted by atomic mass is 79.9. The van der Waals surface area contributed by atoms with Crippen LogP contribution in [-0.4, -0.2) is 16.1 Å². The van der Waals surface area contributed by atoms with Crippen molar-refractivity contribution in [1.29, 1.82) is 0 Å². The maximum absolute atomic E-state index is 11.8. The number of hydrogen-bond donors (Lipinski definition) is 1. The third kappa shape index (κ3) is 1.94. The summed E-state index contributed by atoms with van der Waals surface area (Å²) in [6.45, 7) is 4.29. The largest absolute Gasteiger partial charge is 0.478 e. The molecule has 1 aliphatic carbocycles. The highest BCUT2D eigenvalue weighted by Crippen LogP contribution is 2.40. The van der Waals surface area contributed by atoms with Gasteiger partial charge in [-0.05, 0) is 37.0 Å². The normalized spacial score (nSPS) is 16.9. The number of aromatic carboxylic acids is 1. The van der Waals surface area contributed by atoms with E-state index in [1.165, 1.54) is 0 Å². The van der Waals surface area contributed by atoms with Crippen molar-refractivity contribution in [2.45, 2.75) is 38.5 Å². The number of pyridine rings is 1. The molecule has 0 saturated heterocycles. The Hall–Kier alpha value is -1.42. The van der Waals surface area contributed by atoms with Crippen LogP contribution in [0.4, 0.5) is 0 Å². The Morgan fingerprint density at radius 2 is 2.15 bits per heavy atom. The third-order valence-electron chi connectivity index (χ3n) is 4.14. The SMILES string of the molecule is CC1(C)CCCc2c1nc1cccc(Br)c1c2C(=O)O. The zero-order valence-electron chi connectivity index (χ0n) is 11.5. The lowest BCUT2D eigenvalue weighted by Crippen LogP contribution is -2.27. The van der Waals surface area contributed by atoms with E-state index in [0.717, 1.165) is 45.9 Å². The van der Waals surface area contributed by atoms with E-state index in [1.54, 1.807) is 0 Å². The van der Waals surface area contributed by atoms with Crippen LogP contribution in [0.15, 0.2) is 22.7 Å². The topological polar surface area (TPSA) is 50.2 Å². The van der Waals surface area contributed by atoms with Gasteiger partial charge < -0.3 is 5.11 Å². The fourth-order valence-electron chi connectivity index (χ4n) is 3.18. The predicted molar refractivity (Wildman–Crippen MR) is 82.4 cm³/mol. The molecule has 0 fully saturated rings. The summed E-state index contributed by atoms with van der Waals surface area (Å²) in [4.78, 5) is 16.6. The van der Waals surface area contributed by atoms with Crippen molar-refractivity contribution in [3.05, 3.63) is 39.5 Å². The predicted octanol–water partition coefficient (Wildman–Crippen LogP) is 4.31. The Bertz CT molecular complexity index is 722. The highest BCUT2D eigenvalue weighted by Gasteiger charge is 2.33. The molecule has 0 atom stereocenters. The first-order valence-electron chi connectivity index (χ1n) is 6.77. The summed E-state index contributed by atoms with van der Waals surface area (Å²) in [5.41, 5.74) is 2.98. The minimum absolute atomic E-state index is 0.0612. The minimum Gasteiger partial charge on any atom is -0.478 e. The van der Waals surface area contributed by atoms with Gasteiger partial charge in [-0.2, -0.15) is 0 Å². The van der Waals surface area contributed by atoms with Crippen LogP contribution < -0.4 is 0 Å². The molecule has 4 heteroatoms. The number of fused-ring (bicyclic) bond motifs is 2. The van der Waals surface area contributed by atoms with Crippen LogP contribution in [0.2, 0.25) is 0 Å². The smallest absolute Gasteiger partial charge is 0.336 e. The number of carboxylic acid groups (broad SMARTS) is 1. The van der Waals surface area contributed by atoms with E-state index in [9.17, 15) is 9.90 Å². The van der Waals surface area contributed by atoms with Crippen molar-refractivity contribution in [2.24, 2.45) is 0 Å². The highest BCUT2D eigenvalue weighted by molar-refractivity contribution is 9.10. The molecule has 3 rings (SSSR count). The van der Waals surface area contributed by atoms with Gasteiger partial charge in [0, 0.05) is 15.3 Å². The van der Waals surface area contributed by atoms with Crippen molar-refractivity contribution < 1.29 is 9.90 Å². The third-order valence-corrected chi connectivity index (χ3v) is 4.81. The summed E-state index contributed by atoms with van der Waals surface area (Å²) in [5.74, 6) is -0.863. The summed E-state index contributed by atoms with van der Waals surface area (Å²) >= 11 is 3.47. The van der Waals surface area contributed by atoms with Gasteiger partial charge in [-0.25, -0.2) is 4.79 Å². The fraction of sp³-hybridized carbons (Fsp3) is 0.375. The van der Waals surface area contributed by atoms with Gasteiger partial charge in [-0.15, -0.1) is 0 Å². The van der Waals surface area contributed by atoms with E-state index >= 15 is 0 Å². The molecule has 1 heterocycles. The lowest BCUT2D eigenvalue weighted by atomic mass is 9.74. The molecule has 104 valence electrons. The van der Waals surface area contributed by atoms with Gasteiger partial charge in [0.15, 0.2) is 0 Å². The number of rotatable bonds is 1. The van der Waals surface area contributed by atoms with E-state index in [2.05, 4.69) is 29.8 Å². The first-order chi connectivity index (χ1) is 9.42. The zero-order chi connectivity index (χ0) is 14.5. The lowest BCUT2D eigenvalue weighted by Gasteiger charge is -2.32. The van der Waals surface area contributed by atoms with Crippen LogP contribution in [0.1, 0.15) is 48.3 Å². The Labute approximate surface area is 126 Å². The molecule has 0 spiro atoms. The van der Waals surface area contributed by atoms with E-state index in [1.807, 2.05) is 18.2 Å². The zero-order valence-corrected chi connectivity index (χ0v) is 13.1. The van der Waals surface area contributed by atoms with E-state index < -0.39 is 5.97 Å². The van der Waals surface area contributed by atoms with Gasteiger partial charge in [-0.1, -0.05) is 35.8 Å². The Morgan fingerprint density at radius 3 is 2.85 bits per heavy atom. The second kappa shape index (κ2) is 4.55. The maximum Gasteiger partial charge on any atom is 0.336 e. The van der Waals surface area contributed by atoms with Crippen molar-refractivity contribution in [1.82, 2.24) is 4.98 Å². The molecule has 1 aromatic heterocycles. The van der Waals surface area contributed by atoms with Crippen LogP contribution >= 0.6 is 15.9 Å². The molecule has 1 aliphatic rings. The number of benzene rings is 1. The molecule has 20 heavy (non-hydrogen) atoms. The van der Waals surface area contributed by atoms with Crippen LogP contribution in [-0.2, 0) is 11.8 Å². The second-order valence-electron chi connectivity index (χ2n) is 5.99. The molecule has 0 unspecified atom stereocenters. The quantitative estimate of drug-likeness (QED) is 0.845. The molecule has 0 bridgehead atoms. The first-order valence-corrected chi connectivity index (χ1v) is 7.56. The second-order valence-corrected chi connectivity index (χ2v) is 6.84. The number of nitrogens with zero attached hydrogens (tertiary/aromatic N) is 1. The van der Waals surface area contributed by atoms with Crippen LogP contribution in [0.5, 0.6) is 0 Å². The van der Waals surface area contributed by atoms with Crippen LogP contribution in [0.25, 0.3) is 10.9 Å². The van der Waals surface area contributed by atoms with Gasteiger partial charge in [0.1, 0.15) is 0 Å². The van der Waals surface area contributed by atoms with Crippen molar-refractivity contribution >= 4 is 32.8 Å². The van der Waals surface area contributed by atoms with Gasteiger partial charge in [0.2, 0.25) is 0 Å². The van der Waals surface area contributed by atoms with E-state index in [4.69, 9.17) is 4.98 Å².